The first-order chi connectivity index (χ1) is 17.6. The quantitative estimate of drug-likeness (QED) is 0.132. The Kier molecular flexibility index (Phi) is 25.1. The van der Waals surface area contributed by atoms with Crippen LogP contribution in [0.3, 0.4) is 0 Å². The molecule has 0 aromatic heterocycles. The molecule has 12 nitrogen and oxygen atoms in total. The molecule has 0 aliphatic rings. The highest BCUT2D eigenvalue weighted by Gasteiger charge is 2.07. The van der Waals surface area contributed by atoms with Crippen LogP contribution in [0.15, 0.2) is 0 Å². The van der Waals surface area contributed by atoms with Crippen LogP contribution in [0, 0.1) is 0 Å². The Morgan fingerprint density at radius 3 is 1.22 bits per heavy atom. The van der Waals surface area contributed by atoms with Gasteiger partial charge in [0.25, 0.3) is 0 Å². The summed E-state index contributed by atoms with van der Waals surface area (Å²) in [5.74, 6) is 0. The minimum absolute atomic E-state index is 0.0724. The van der Waals surface area contributed by atoms with E-state index in [0.717, 1.165) is 38.5 Å². The molecule has 0 unspecified atom stereocenters. The predicted molar refractivity (Wildman–Crippen MR) is 137 cm³/mol. The van der Waals surface area contributed by atoms with Crippen molar-refractivity contribution in [2.75, 3.05) is 94.3 Å². The maximum atomic E-state index is 11.8. The minimum atomic E-state index is -0.165. The van der Waals surface area contributed by atoms with Gasteiger partial charge in [0.15, 0.2) is 0 Å². The SMILES string of the molecule is COC[C@H](COCCCNC(=O)NCCCCCCNC(=O)NCCCOC[C@H](COC)OC)OC. The molecule has 0 spiro atoms. The van der Waals surface area contributed by atoms with Gasteiger partial charge in [-0.3, -0.25) is 0 Å². The van der Waals surface area contributed by atoms with Gasteiger partial charge in [-0.2, -0.15) is 0 Å². The fourth-order valence-corrected chi connectivity index (χ4v) is 3.05. The van der Waals surface area contributed by atoms with Gasteiger partial charge in [-0.25, -0.2) is 9.59 Å². The van der Waals surface area contributed by atoms with Gasteiger partial charge in [0.2, 0.25) is 0 Å². The summed E-state index contributed by atoms with van der Waals surface area (Å²) in [5, 5.41) is 11.3. The van der Waals surface area contributed by atoms with Crippen molar-refractivity contribution in [1.29, 1.82) is 0 Å². The number of unbranched alkanes of at least 4 members (excludes halogenated alkanes) is 3. The average Bonchev–Trinajstić information content (AvgIpc) is 2.88. The fraction of sp³-hybridized carbons (Fsp3) is 0.917. The minimum Gasteiger partial charge on any atom is -0.382 e. The van der Waals surface area contributed by atoms with E-state index in [4.69, 9.17) is 28.4 Å². The number of nitrogens with one attached hydrogen (secondary N) is 4. The summed E-state index contributed by atoms with van der Waals surface area (Å²) in [5.41, 5.74) is 0. The molecule has 0 heterocycles. The second-order valence-corrected chi connectivity index (χ2v) is 8.26. The molecule has 12 heteroatoms. The zero-order valence-electron chi connectivity index (χ0n) is 22.7. The zero-order valence-corrected chi connectivity index (χ0v) is 22.7. The van der Waals surface area contributed by atoms with E-state index >= 15 is 0 Å². The van der Waals surface area contributed by atoms with Crippen molar-refractivity contribution in [3.05, 3.63) is 0 Å². The first-order valence-electron chi connectivity index (χ1n) is 12.8. The third-order valence-electron chi connectivity index (χ3n) is 5.16. The van der Waals surface area contributed by atoms with Crippen LogP contribution in [-0.4, -0.2) is 119 Å². The van der Waals surface area contributed by atoms with Crippen LogP contribution in [0.4, 0.5) is 9.59 Å². The van der Waals surface area contributed by atoms with Crippen LogP contribution < -0.4 is 21.3 Å². The van der Waals surface area contributed by atoms with Crippen molar-refractivity contribution in [2.24, 2.45) is 0 Å². The van der Waals surface area contributed by atoms with Crippen molar-refractivity contribution in [3.63, 3.8) is 0 Å². The van der Waals surface area contributed by atoms with Crippen LogP contribution in [0.25, 0.3) is 0 Å². The standard InChI is InChI=1S/C24H50N4O8/c1-31-17-21(33-3)19-35-15-9-13-27-23(29)25-11-7-5-6-8-12-26-24(30)28-14-10-16-36-20-22(34-4)18-32-2/h21-22H,5-20H2,1-4H3,(H2,25,27,29)(H2,26,28,30)/t21-,22+. The van der Waals surface area contributed by atoms with Gasteiger partial charge >= 0.3 is 12.1 Å². The lowest BCUT2D eigenvalue weighted by Gasteiger charge is -2.14. The highest BCUT2D eigenvalue weighted by molar-refractivity contribution is 5.74. The van der Waals surface area contributed by atoms with E-state index in [9.17, 15) is 9.59 Å². The molecule has 0 saturated heterocycles. The van der Waals surface area contributed by atoms with Crippen molar-refractivity contribution in [1.82, 2.24) is 21.3 Å². The normalized spacial score (nSPS) is 12.7. The van der Waals surface area contributed by atoms with Gasteiger partial charge in [0.05, 0.1) is 26.4 Å². The van der Waals surface area contributed by atoms with Crippen LogP contribution >= 0.6 is 0 Å². The van der Waals surface area contributed by atoms with E-state index in [1.807, 2.05) is 0 Å². The van der Waals surface area contributed by atoms with E-state index in [-0.39, 0.29) is 24.3 Å². The van der Waals surface area contributed by atoms with Crippen molar-refractivity contribution in [3.8, 4) is 0 Å². The van der Waals surface area contributed by atoms with Crippen molar-refractivity contribution in [2.45, 2.75) is 50.7 Å². The van der Waals surface area contributed by atoms with Crippen molar-refractivity contribution >= 4 is 12.1 Å². The van der Waals surface area contributed by atoms with Crippen LogP contribution in [-0.2, 0) is 28.4 Å². The van der Waals surface area contributed by atoms with Gasteiger partial charge in [-0.05, 0) is 25.7 Å². The number of amides is 4. The zero-order chi connectivity index (χ0) is 26.7. The largest absolute Gasteiger partial charge is 0.382 e. The first kappa shape index (κ1) is 34.3. The average molecular weight is 523 g/mol. The third-order valence-corrected chi connectivity index (χ3v) is 5.16. The van der Waals surface area contributed by atoms with Crippen LogP contribution in [0.5, 0.6) is 0 Å². The number of carbonyl (C=O) groups is 2. The summed E-state index contributed by atoms with van der Waals surface area (Å²) in [4.78, 5) is 23.5. The molecule has 0 aromatic rings. The highest BCUT2D eigenvalue weighted by atomic mass is 16.6. The molecule has 0 saturated carbocycles. The molecule has 4 amide bonds. The molecule has 0 aromatic carbocycles. The second kappa shape index (κ2) is 26.4. The fourth-order valence-electron chi connectivity index (χ4n) is 3.05. The molecule has 0 aliphatic heterocycles. The molecular weight excluding hydrogens is 472 g/mol. The van der Waals surface area contributed by atoms with Gasteiger partial charge in [-0.15, -0.1) is 0 Å². The summed E-state index contributed by atoms with van der Waals surface area (Å²) < 4.78 is 31.5. The number of hydrogen-bond acceptors (Lipinski definition) is 8. The molecule has 2 atom stereocenters. The number of carbonyl (C=O) groups excluding carboxylic acids is 2. The summed E-state index contributed by atoms with van der Waals surface area (Å²) in [7, 11) is 6.50. The monoisotopic (exact) mass is 522 g/mol. The molecule has 0 radical (unpaired) electrons. The molecule has 0 rings (SSSR count). The molecule has 0 bridgehead atoms. The smallest absolute Gasteiger partial charge is 0.314 e. The van der Waals surface area contributed by atoms with E-state index in [1.165, 1.54) is 0 Å². The Morgan fingerprint density at radius 1 is 0.528 bits per heavy atom. The number of ether oxygens (including phenoxy) is 6. The summed E-state index contributed by atoms with van der Waals surface area (Å²) in [6.07, 6.45) is 5.09. The second-order valence-electron chi connectivity index (χ2n) is 8.26. The predicted octanol–water partition coefficient (Wildman–Crippen LogP) is 1.28. The Balaban J connectivity index is 3.40. The third kappa shape index (κ3) is 22.7. The van der Waals surface area contributed by atoms with Crippen LogP contribution in [0.2, 0.25) is 0 Å². The maximum Gasteiger partial charge on any atom is 0.314 e. The van der Waals surface area contributed by atoms with Gasteiger partial charge in [-0.1, -0.05) is 12.8 Å². The summed E-state index contributed by atoms with van der Waals surface area (Å²) in [6, 6.07) is -0.331. The molecule has 214 valence electrons. The lowest BCUT2D eigenvalue weighted by Crippen LogP contribution is -2.37. The van der Waals surface area contributed by atoms with E-state index in [2.05, 4.69) is 21.3 Å². The molecule has 4 N–H and O–H groups in total. The number of rotatable bonds is 25. The van der Waals surface area contributed by atoms with Gasteiger partial charge in [0.1, 0.15) is 12.2 Å². The summed E-state index contributed by atoms with van der Waals surface area (Å²) in [6.45, 7) is 5.39. The Labute approximate surface area is 216 Å². The van der Waals surface area contributed by atoms with Gasteiger partial charge < -0.3 is 49.7 Å². The summed E-state index contributed by atoms with van der Waals surface area (Å²) >= 11 is 0. The number of urea groups is 2. The molecule has 0 aliphatic carbocycles. The first-order valence-corrected chi connectivity index (χ1v) is 12.8. The Morgan fingerprint density at radius 2 is 0.889 bits per heavy atom. The molecule has 36 heavy (non-hydrogen) atoms. The van der Waals surface area contributed by atoms with E-state index < -0.39 is 0 Å². The maximum absolute atomic E-state index is 11.8. The number of hydrogen-bond donors (Lipinski definition) is 4. The van der Waals surface area contributed by atoms with Crippen molar-refractivity contribution < 1.29 is 38.0 Å². The van der Waals surface area contributed by atoms with Gasteiger partial charge in [0, 0.05) is 67.8 Å². The lowest BCUT2D eigenvalue weighted by molar-refractivity contribution is -0.0304. The lowest BCUT2D eigenvalue weighted by atomic mass is 10.2. The number of methoxy groups -OCH3 is 4. The Bertz CT molecular complexity index is 473. The van der Waals surface area contributed by atoms with E-state index in [0.29, 0.717) is 65.8 Å². The Hall–Kier alpha value is -1.70. The molecule has 0 fully saturated rings. The van der Waals surface area contributed by atoms with Crippen LogP contribution in [0.1, 0.15) is 38.5 Å². The topological polar surface area (TPSA) is 138 Å². The van der Waals surface area contributed by atoms with E-state index in [1.54, 1.807) is 28.4 Å². The highest BCUT2D eigenvalue weighted by Crippen LogP contribution is 1.98. The molecular formula is C24H50N4O8.